The van der Waals surface area contributed by atoms with E-state index >= 15 is 0 Å². The van der Waals surface area contributed by atoms with Gasteiger partial charge in [-0.3, -0.25) is 9.69 Å². The summed E-state index contributed by atoms with van der Waals surface area (Å²) in [5.74, 6) is -0.517. The zero-order valence-electron chi connectivity index (χ0n) is 11.0. The summed E-state index contributed by atoms with van der Waals surface area (Å²) in [6.07, 6.45) is 2.26. The SMILES string of the molecule is COCCCN1C(=O)C(=Cc2ccccc2F)SC1=S. The predicted molar refractivity (Wildman–Crippen MR) is 82.8 cm³/mol. The van der Waals surface area contributed by atoms with Crippen molar-refractivity contribution < 1.29 is 13.9 Å². The maximum Gasteiger partial charge on any atom is 0.266 e. The Kier molecular flexibility index (Phi) is 5.28. The summed E-state index contributed by atoms with van der Waals surface area (Å²) in [6, 6.07) is 6.34. The Balaban J connectivity index is 2.13. The molecular weight excluding hydrogens is 297 g/mol. The van der Waals surface area contributed by atoms with E-state index in [2.05, 4.69) is 0 Å². The molecule has 1 fully saturated rings. The van der Waals surface area contributed by atoms with Crippen LogP contribution >= 0.6 is 24.0 Å². The van der Waals surface area contributed by atoms with Crippen molar-refractivity contribution in [2.24, 2.45) is 0 Å². The second kappa shape index (κ2) is 6.97. The third-order valence-corrected chi connectivity index (χ3v) is 4.17. The zero-order chi connectivity index (χ0) is 14.5. The molecule has 0 bridgehead atoms. The molecule has 0 radical (unpaired) electrons. The summed E-state index contributed by atoms with van der Waals surface area (Å²) in [5.41, 5.74) is 0.393. The van der Waals surface area contributed by atoms with Crippen LogP contribution in [0.1, 0.15) is 12.0 Å². The van der Waals surface area contributed by atoms with Crippen LogP contribution in [-0.4, -0.2) is 35.4 Å². The van der Waals surface area contributed by atoms with Crippen molar-refractivity contribution >= 4 is 40.3 Å². The van der Waals surface area contributed by atoms with Gasteiger partial charge in [-0.1, -0.05) is 42.2 Å². The van der Waals surface area contributed by atoms with Crippen LogP contribution in [0.3, 0.4) is 0 Å². The Morgan fingerprint density at radius 2 is 2.20 bits per heavy atom. The van der Waals surface area contributed by atoms with Crippen LogP contribution in [0, 0.1) is 5.82 Å². The average Bonchev–Trinajstić information content (AvgIpc) is 2.69. The van der Waals surface area contributed by atoms with Crippen LogP contribution in [0.2, 0.25) is 0 Å². The first-order chi connectivity index (χ1) is 9.63. The average molecular weight is 311 g/mol. The highest BCUT2D eigenvalue weighted by atomic mass is 32.2. The van der Waals surface area contributed by atoms with Crippen LogP contribution in [-0.2, 0) is 9.53 Å². The molecule has 0 N–H and O–H groups in total. The number of methoxy groups -OCH3 is 1. The Morgan fingerprint density at radius 1 is 1.45 bits per heavy atom. The molecule has 6 heteroatoms. The smallest absolute Gasteiger partial charge is 0.266 e. The third-order valence-electron chi connectivity index (χ3n) is 2.80. The number of rotatable bonds is 5. The molecule has 3 nitrogen and oxygen atoms in total. The first-order valence-electron chi connectivity index (χ1n) is 6.12. The van der Waals surface area contributed by atoms with Gasteiger partial charge >= 0.3 is 0 Å². The topological polar surface area (TPSA) is 29.5 Å². The number of halogens is 1. The standard InChI is InChI=1S/C14H14FNO2S2/c1-18-8-4-7-16-13(17)12(20-14(16)19)9-10-5-2-3-6-11(10)15/h2-3,5-6,9H,4,7-8H2,1H3. The van der Waals surface area contributed by atoms with Gasteiger partial charge in [0.1, 0.15) is 10.1 Å². The normalized spacial score (nSPS) is 17.3. The molecule has 0 spiro atoms. The Hall–Kier alpha value is -1.24. The van der Waals surface area contributed by atoms with Gasteiger partial charge in [-0.2, -0.15) is 0 Å². The lowest BCUT2D eigenvalue weighted by atomic mass is 10.2. The van der Waals surface area contributed by atoms with E-state index in [1.165, 1.54) is 22.7 Å². The fourth-order valence-electron chi connectivity index (χ4n) is 1.79. The van der Waals surface area contributed by atoms with E-state index in [0.717, 1.165) is 6.42 Å². The molecule has 0 atom stereocenters. The molecule has 1 amide bonds. The summed E-state index contributed by atoms with van der Waals surface area (Å²) in [7, 11) is 1.61. The molecule has 1 aliphatic rings. The molecule has 0 saturated carbocycles. The second-order valence-corrected chi connectivity index (χ2v) is 5.88. The van der Waals surface area contributed by atoms with Crippen molar-refractivity contribution in [1.29, 1.82) is 0 Å². The van der Waals surface area contributed by atoms with Crippen molar-refractivity contribution in [3.8, 4) is 0 Å². The fourth-order valence-corrected chi connectivity index (χ4v) is 3.09. The molecule has 1 aliphatic heterocycles. The van der Waals surface area contributed by atoms with E-state index in [-0.39, 0.29) is 11.7 Å². The van der Waals surface area contributed by atoms with E-state index in [1.54, 1.807) is 31.4 Å². The quantitative estimate of drug-likeness (QED) is 0.475. The highest BCUT2D eigenvalue weighted by Crippen LogP contribution is 2.32. The van der Waals surface area contributed by atoms with Crippen LogP contribution in [0.15, 0.2) is 29.2 Å². The lowest BCUT2D eigenvalue weighted by molar-refractivity contribution is -0.122. The van der Waals surface area contributed by atoms with E-state index in [9.17, 15) is 9.18 Å². The summed E-state index contributed by atoms with van der Waals surface area (Å²) in [4.78, 5) is 14.2. The van der Waals surface area contributed by atoms with Gasteiger partial charge in [0, 0.05) is 25.8 Å². The molecule has 0 unspecified atom stereocenters. The lowest BCUT2D eigenvalue weighted by Gasteiger charge is -2.13. The minimum atomic E-state index is -0.350. The zero-order valence-corrected chi connectivity index (χ0v) is 12.6. The van der Waals surface area contributed by atoms with Crippen LogP contribution in [0.25, 0.3) is 6.08 Å². The number of carbonyl (C=O) groups is 1. The van der Waals surface area contributed by atoms with Gasteiger partial charge in [-0.25, -0.2) is 4.39 Å². The molecule has 106 valence electrons. The van der Waals surface area contributed by atoms with Crippen molar-refractivity contribution in [2.75, 3.05) is 20.3 Å². The monoisotopic (exact) mass is 311 g/mol. The van der Waals surface area contributed by atoms with Gasteiger partial charge in [0.05, 0.1) is 4.91 Å². The molecule has 0 aromatic heterocycles. The summed E-state index contributed by atoms with van der Waals surface area (Å²) >= 11 is 6.39. The summed E-state index contributed by atoms with van der Waals surface area (Å²) in [5, 5.41) is 0. The van der Waals surface area contributed by atoms with Crippen LogP contribution in [0.4, 0.5) is 4.39 Å². The number of ether oxygens (including phenoxy) is 1. The Bertz CT molecular complexity index is 560. The van der Waals surface area contributed by atoms with E-state index in [4.69, 9.17) is 17.0 Å². The van der Waals surface area contributed by atoms with Gasteiger partial charge in [0.2, 0.25) is 0 Å². The molecule has 20 heavy (non-hydrogen) atoms. The van der Waals surface area contributed by atoms with Crippen molar-refractivity contribution in [1.82, 2.24) is 4.90 Å². The number of thioether (sulfide) groups is 1. The van der Waals surface area contributed by atoms with Crippen LogP contribution < -0.4 is 0 Å². The fraction of sp³-hybridized carbons (Fsp3) is 0.286. The van der Waals surface area contributed by atoms with Gasteiger partial charge < -0.3 is 4.74 Å². The summed E-state index contributed by atoms with van der Waals surface area (Å²) in [6.45, 7) is 1.09. The predicted octanol–water partition coefficient (Wildman–Crippen LogP) is 3.06. The molecule has 1 heterocycles. The number of nitrogens with zero attached hydrogens (tertiary/aromatic N) is 1. The second-order valence-electron chi connectivity index (χ2n) is 4.20. The number of amides is 1. The number of hydrogen-bond donors (Lipinski definition) is 0. The molecule has 1 aromatic carbocycles. The number of hydrogen-bond acceptors (Lipinski definition) is 4. The summed E-state index contributed by atoms with van der Waals surface area (Å²) < 4.78 is 19.1. The molecule has 2 rings (SSSR count). The largest absolute Gasteiger partial charge is 0.385 e. The van der Waals surface area contributed by atoms with Gasteiger partial charge in [-0.05, 0) is 18.6 Å². The number of benzene rings is 1. The maximum atomic E-state index is 13.6. The maximum absolute atomic E-state index is 13.6. The highest BCUT2D eigenvalue weighted by Gasteiger charge is 2.31. The van der Waals surface area contributed by atoms with Gasteiger partial charge in [0.25, 0.3) is 5.91 Å². The first kappa shape index (κ1) is 15.2. The molecule has 0 aliphatic carbocycles. The lowest BCUT2D eigenvalue weighted by Crippen LogP contribution is -2.29. The highest BCUT2D eigenvalue weighted by molar-refractivity contribution is 8.26. The Labute approximate surface area is 126 Å². The number of thiocarbonyl (C=S) groups is 1. The molecule has 1 aromatic rings. The first-order valence-corrected chi connectivity index (χ1v) is 7.35. The minimum Gasteiger partial charge on any atom is -0.385 e. The van der Waals surface area contributed by atoms with Crippen molar-refractivity contribution in [3.05, 3.63) is 40.6 Å². The third kappa shape index (κ3) is 3.45. The van der Waals surface area contributed by atoms with Crippen molar-refractivity contribution in [3.63, 3.8) is 0 Å². The number of carbonyl (C=O) groups excluding carboxylic acids is 1. The van der Waals surface area contributed by atoms with E-state index < -0.39 is 0 Å². The Morgan fingerprint density at radius 3 is 2.90 bits per heavy atom. The van der Waals surface area contributed by atoms with Crippen molar-refractivity contribution in [2.45, 2.75) is 6.42 Å². The van der Waals surface area contributed by atoms with E-state index in [1.807, 2.05) is 0 Å². The van der Waals surface area contributed by atoms with Gasteiger partial charge in [0.15, 0.2) is 0 Å². The van der Waals surface area contributed by atoms with Gasteiger partial charge in [-0.15, -0.1) is 0 Å². The van der Waals surface area contributed by atoms with E-state index in [0.29, 0.717) is 27.9 Å². The van der Waals surface area contributed by atoms with Crippen LogP contribution in [0.5, 0.6) is 0 Å². The minimum absolute atomic E-state index is 0.167. The molecule has 1 saturated heterocycles. The molecular formula is C14H14FNO2S2.